The van der Waals surface area contributed by atoms with Crippen molar-refractivity contribution in [1.82, 2.24) is 0 Å². The second-order valence-electron chi connectivity index (χ2n) is 3.55. The van der Waals surface area contributed by atoms with Gasteiger partial charge in [-0.2, -0.15) is 0 Å². The summed E-state index contributed by atoms with van der Waals surface area (Å²) in [4.78, 5) is 14.2. The third kappa shape index (κ3) is 3.17. The fourth-order valence-electron chi connectivity index (χ4n) is 1.36. The van der Waals surface area contributed by atoms with E-state index >= 15 is 0 Å². The van der Waals surface area contributed by atoms with Crippen molar-refractivity contribution in [3.8, 4) is 5.75 Å². The van der Waals surface area contributed by atoms with Crippen LogP contribution in [0.5, 0.6) is 5.75 Å². The molecule has 0 saturated heterocycles. The Labute approximate surface area is 104 Å². The fourth-order valence-corrected chi connectivity index (χ4v) is 1.58. The monoisotopic (exact) mass is 256 g/mol. The lowest BCUT2D eigenvalue weighted by molar-refractivity contribution is -0.385. The number of nitrogens with zero attached hydrogens (tertiary/aromatic N) is 2. The highest BCUT2D eigenvalue weighted by Gasteiger charge is 2.19. The van der Waals surface area contributed by atoms with Gasteiger partial charge in [0.15, 0.2) is 0 Å². The van der Waals surface area contributed by atoms with Gasteiger partial charge >= 0.3 is 5.69 Å². The molecule has 0 aliphatic heterocycles. The first kappa shape index (κ1) is 13.4. The second-order valence-corrected chi connectivity index (χ2v) is 3.98. The van der Waals surface area contributed by atoms with Gasteiger partial charge in [0.25, 0.3) is 0 Å². The topological polar surface area (TPSA) is 75.7 Å². The molecule has 0 radical (unpaired) electrons. The minimum atomic E-state index is -0.669. The molecule has 0 aliphatic rings. The summed E-state index contributed by atoms with van der Waals surface area (Å²) in [6, 6.07) is 2.59. The average Bonchev–Trinajstić information content (AvgIpc) is 2.28. The average molecular weight is 257 g/mol. The maximum atomic E-state index is 10.7. The molecule has 0 aromatic heterocycles. The minimum Gasteiger partial charge on any atom is -0.502 e. The van der Waals surface area contributed by atoms with Crippen LogP contribution < -0.4 is 0 Å². The number of halogens is 1. The van der Waals surface area contributed by atoms with Gasteiger partial charge in [-0.05, 0) is 19.4 Å². The predicted molar refractivity (Wildman–Crippen MR) is 67.1 cm³/mol. The smallest absolute Gasteiger partial charge is 0.312 e. The number of hydrogen-bond donors (Lipinski definition) is 1. The van der Waals surface area contributed by atoms with Crippen molar-refractivity contribution in [2.24, 2.45) is 4.99 Å². The van der Waals surface area contributed by atoms with Crippen molar-refractivity contribution in [2.75, 3.05) is 6.54 Å². The summed E-state index contributed by atoms with van der Waals surface area (Å²) >= 11 is 5.77. The lowest BCUT2D eigenvalue weighted by Crippen LogP contribution is -2.00. The van der Waals surface area contributed by atoms with E-state index in [4.69, 9.17) is 11.6 Å². The van der Waals surface area contributed by atoms with Gasteiger partial charge in [-0.15, -0.1) is 0 Å². The SMILES string of the molecule is CCCN=C(C)c1cc(Cl)cc([N+](=O)[O-])c1O. The van der Waals surface area contributed by atoms with E-state index in [-0.39, 0.29) is 5.02 Å². The zero-order chi connectivity index (χ0) is 13.0. The van der Waals surface area contributed by atoms with Crippen LogP contribution >= 0.6 is 11.6 Å². The van der Waals surface area contributed by atoms with Crippen LogP contribution in [0.15, 0.2) is 17.1 Å². The molecular formula is C11H13ClN2O3. The zero-order valence-corrected chi connectivity index (χ0v) is 10.4. The number of nitro benzene ring substituents is 1. The molecule has 5 nitrogen and oxygen atoms in total. The van der Waals surface area contributed by atoms with Crippen LogP contribution in [0.3, 0.4) is 0 Å². The maximum Gasteiger partial charge on any atom is 0.312 e. The van der Waals surface area contributed by atoms with Gasteiger partial charge in [0.1, 0.15) is 0 Å². The molecule has 1 rings (SSSR count). The van der Waals surface area contributed by atoms with E-state index in [0.717, 1.165) is 12.5 Å². The van der Waals surface area contributed by atoms with Crippen LogP contribution in [0, 0.1) is 10.1 Å². The summed E-state index contributed by atoms with van der Waals surface area (Å²) in [6.45, 7) is 4.26. The number of benzene rings is 1. The molecule has 1 aromatic rings. The van der Waals surface area contributed by atoms with Crippen LogP contribution in [0.4, 0.5) is 5.69 Å². The van der Waals surface area contributed by atoms with Crippen molar-refractivity contribution in [3.05, 3.63) is 32.8 Å². The van der Waals surface area contributed by atoms with Gasteiger partial charge in [0.2, 0.25) is 5.75 Å². The molecule has 0 saturated carbocycles. The van der Waals surface area contributed by atoms with E-state index < -0.39 is 16.4 Å². The van der Waals surface area contributed by atoms with E-state index in [1.54, 1.807) is 6.92 Å². The molecule has 1 N–H and O–H groups in total. The van der Waals surface area contributed by atoms with E-state index in [9.17, 15) is 15.2 Å². The molecule has 0 heterocycles. The molecule has 0 unspecified atom stereocenters. The zero-order valence-electron chi connectivity index (χ0n) is 9.61. The number of hydrogen-bond acceptors (Lipinski definition) is 4. The summed E-state index contributed by atoms with van der Waals surface area (Å²) < 4.78 is 0. The number of aliphatic imine (C=N–C) groups is 1. The quantitative estimate of drug-likeness (QED) is 0.511. The Kier molecular flexibility index (Phi) is 4.45. The molecule has 17 heavy (non-hydrogen) atoms. The second kappa shape index (κ2) is 5.63. The van der Waals surface area contributed by atoms with Crippen LogP contribution in [-0.4, -0.2) is 22.3 Å². The van der Waals surface area contributed by atoms with Crippen molar-refractivity contribution in [3.63, 3.8) is 0 Å². The van der Waals surface area contributed by atoms with Crippen LogP contribution in [0.2, 0.25) is 5.02 Å². The fraction of sp³-hybridized carbons (Fsp3) is 0.364. The van der Waals surface area contributed by atoms with Gasteiger partial charge in [-0.3, -0.25) is 15.1 Å². The summed E-state index contributed by atoms with van der Waals surface area (Å²) in [5, 5.41) is 20.7. The Bertz CT molecular complexity index is 472. The van der Waals surface area contributed by atoms with E-state index in [2.05, 4.69) is 4.99 Å². The Morgan fingerprint density at radius 2 is 2.24 bits per heavy atom. The van der Waals surface area contributed by atoms with E-state index in [0.29, 0.717) is 17.8 Å². The molecule has 0 fully saturated rings. The van der Waals surface area contributed by atoms with Gasteiger partial charge in [-0.25, -0.2) is 0 Å². The van der Waals surface area contributed by atoms with Gasteiger partial charge in [0.05, 0.1) is 4.92 Å². The van der Waals surface area contributed by atoms with Gasteiger partial charge in [-0.1, -0.05) is 18.5 Å². The van der Waals surface area contributed by atoms with Gasteiger partial charge in [0, 0.05) is 28.9 Å². The molecule has 92 valence electrons. The van der Waals surface area contributed by atoms with Crippen molar-refractivity contribution >= 4 is 23.0 Å². The van der Waals surface area contributed by atoms with E-state index in [1.165, 1.54) is 6.07 Å². The molecule has 6 heteroatoms. The molecule has 0 atom stereocenters. The van der Waals surface area contributed by atoms with Crippen LogP contribution in [0.1, 0.15) is 25.8 Å². The van der Waals surface area contributed by atoms with Gasteiger partial charge < -0.3 is 5.11 Å². The summed E-state index contributed by atoms with van der Waals surface area (Å²) in [6.07, 6.45) is 0.862. The van der Waals surface area contributed by atoms with Crippen molar-refractivity contribution in [1.29, 1.82) is 0 Å². The lowest BCUT2D eigenvalue weighted by Gasteiger charge is -2.05. The number of phenolic OH excluding ortho intramolecular Hbond substituents is 1. The third-order valence-corrected chi connectivity index (χ3v) is 2.43. The number of aromatic hydroxyl groups is 1. The first-order valence-corrected chi connectivity index (χ1v) is 5.53. The van der Waals surface area contributed by atoms with Crippen molar-refractivity contribution in [2.45, 2.75) is 20.3 Å². The van der Waals surface area contributed by atoms with Crippen LogP contribution in [-0.2, 0) is 0 Å². The normalized spacial score (nSPS) is 11.6. The molecule has 0 bridgehead atoms. The Morgan fingerprint density at radius 1 is 1.59 bits per heavy atom. The maximum absolute atomic E-state index is 10.7. The summed E-state index contributed by atoms with van der Waals surface area (Å²) in [7, 11) is 0. The molecular weight excluding hydrogens is 244 g/mol. The standard InChI is InChI=1S/C11H13ClN2O3/c1-3-4-13-7(2)9-5-8(12)6-10(11(9)15)14(16)17/h5-6,15H,3-4H2,1-2H3. The number of phenols is 1. The highest BCUT2D eigenvalue weighted by molar-refractivity contribution is 6.31. The molecule has 0 spiro atoms. The number of rotatable bonds is 4. The Morgan fingerprint density at radius 3 is 2.76 bits per heavy atom. The van der Waals surface area contributed by atoms with Crippen molar-refractivity contribution < 1.29 is 10.0 Å². The Hall–Kier alpha value is -1.62. The van der Waals surface area contributed by atoms with E-state index in [1.807, 2.05) is 6.92 Å². The highest BCUT2D eigenvalue weighted by Crippen LogP contribution is 2.33. The molecule has 1 aromatic carbocycles. The number of nitro groups is 1. The third-order valence-electron chi connectivity index (χ3n) is 2.21. The molecule has 0 amide bonds. The largest absolute Gasteiger partial charge is 0.502 e. The summed E-state index contributed by atoms with van der Waals surface area (Å²) in [5.41, 5.74) is 0.436. The minimum absolute atomic E-state index is 0.204. The highest BCUT2D eigenvalue weighted by atomic mass is 35.5. The molecule has 0 aliphatic carbocycles. The first-order valence-electron chi connectivity index (χ1n) is 5.15. The predicted octanol–water partition coefficient (Wildman–Crippen LogP) is 3.17. The Balaban J connectivity index is 3.29. The summed E-state index contributed by atoms with van der Waals surface area (Å²) in [5.74, 6) is -0.392. The lowest BCUT2D eigenvalue weighted by atomic mass is 10.1. The first-order chi connectivity index (χ1) is 7.97. The van der Waals surface area contributed by atoms with Crippen LogP contribution in [0.25, 0.3) is 0 Å².